The number of carbonyl (C=O) groups excluding carboxylic acids is 1. The average Bonchev–Trinajstić information content (AvgIpc) is 3.29. The summed E-state index contributed by atoms with van der Waals surface area (Å²) in [6.07, 6.45) is 3.19. The summed E-state index contributed by atoms with van der Waals surface area (Å²) >= 11 is 0. The van der Waals surface area contributed by atoms with E-state index in [0.29, 0.717) is 46.5 Å². The van der Waals surface area contributed by atoms with Crippen LogP contribution in [0.15, 0.2) is 34.9 Å². The van der Waals surface area contributed by atoms with Crippen LogP contribution in [-0.4, -0.2) is 62.2 Å². The van der Waals surface area contributed by atoms with Gasteiger partial charge in [-0.2, -0.15) is 4.98 Å². The number of nitrogens with zero attached hydrogens (tertiary/aromatic N) is 4. The van der Waals surface area contributed by atoms with Crippen LogP contribution in [0.3, 0.4) is 0 Å². The number of amides is 1. The van der Waals surface area contributed by atoms with Crippen LogP contribution in [-0.2, 0) is 0 Å². The highest BCUT2D eigenvalue weighted by Gasteiger charge is 2.15. The van der Waals surface area contributed by atoms with E-state index in [1.807, 2.05) is 11.9 Å². The third-order valence-electron chi connectivity index (χ3n) is 4.88. The van der Waals surface area contributed by atoms with Gasteiger partial charge in [0, 0.05) is 38.6 Å². The molecule has 0 radical (unpaired) electrons. The number of hydrogen-bond acceptors (Lipinski definition) is 8. The lowest BCUT2D eigenvalue weighted by Crippen LogP contribution is -2.28. The van der Waals surface area contributed by atoms with Crippen molar-refractivity contribution >= 4 is 28.6 Å². The Bertz CT molecular complexity index is 1010. The van der Waals surface area contributed by atoms with Gasteiger partial charge in [-0.3, -0.25) is 4.79 Å². The fourth-order valence-corrected chi connectivity index (χ4v) is 3.13. The third-order valence-corrected chi connectivity index (χ3v) is 4.88. The minimum atomic E-state index is -0.122. The maximum atomic E-state index is 12.2. The SMILES string of the molecule is COc1cc2nc(N(C)CCCCN(C)C(=O)c3ccco3)nc(N)c2cc1OC. The molecule has 30 heavy (non-hydrogen) atoms. The Hall–Kier alpha value is -3.49. The van der Waals surface area contributed by atoms with Crippen LogP contribution in [0.25, 0.3) is 10.9 Å². The molecule has 0 saturated carbocycles. The number of fused-ring (bicyclic) bond motifs is 1. The Morgan fingerprint density at radius 3 is 2.47 bits per heavy atom. The molecule has 0 unspecified atom stereocenters. The third kappa shape index (κ3) is 4.56. The molecule has 1 amide bonds. The molecule has 9 heteroatoms. The van der Waals surface area contributed by atoms with Gasteiger partial charge in [0.15, 0.2) is 17.3 Å². The fourth-order valence-electron chi connectivity index (χ4n) is 3.13. The maximum absolute atomic E-state index is 12.2. The zero-order valence-corrected chi connectivity index (χ0v) is 17.7. The summed E-state index contributed by atoms with van der Waals surface area (Å²) in [7, 11) is 6.83. The van der Waals surface area contributed by atoms with Gasteiger partial charge in [-0.25, -0.2) is 4.98 Å². The van der Waals surface area contributed by atoms with Crippen LogP contribution in [0.2, 0.25) is 0 Å². The van der Waals surface area contributed by atoms with Gasteiger partial charge in [-0.1, -0.05) is 0 Å². The number of nitrogen functional groups attached to an aromatic ring is 1. The summed E-state index contributed by atoms with van der Waals surface area (Å²) in [5, 5.41) is 0.711. The lowest BCUT2D eigenvalue weighted by molar-refractivity contribution is 0.0761. The van der Waals surface area contributed by atoms with Crippen molar-refractivity contribution in [3.05, 3.63) is 36.3 Å². The number of ether oxygens (including phenoxy) is 2. The summed E-state index contributed by atoms with van der Waals surface area (Å²) in [5.74, 6) is 2.31. The quantitative estimate of drug-likeness (QED) is 0.534. The molecule has 2 N–H and O–H groups in total. The minimum Gasteiger partial charge on any atom is -0.493 e. The molecule has 3 rings (SSSR count). The predicted molar refractivity (Wildman–Crippen MR) is 115 cm³/mol. The van der Waals surface area contributed by atoms with E-state index in [9.17, 15) is 4.79 Å². The summed E-state index contributed by atoms with van der Waals surface area (Å²) in [6.45, 7) is 1.35. The topological polar surface area (TPSA) is 107 Å². The summed E-state index contributed by atoms with van der Waals surface area (Å²) < 4.78 is 15.8. The van der Waals surface area contributed by atoms with Crippen molar-refractivity contribution in [1.29, 1.82) is 0 Å². The zero-order valence-electron chi connectivity index (χ0n) is 17.7. The van der Waals surface area contributed by atoms with E-state index < -0.39 is 0 Å². The van der Waals surface area contributed by atoms with Crippen LogP contribution < -0.4 is 20.1 Å². The molecule has 0 bridgehead atoms. The first kappa shape index (κ1) is 21.2. The van der Waals surface area contributed by atoms with Crippen LogP contribution >= 0.6 is 0 Å². The Labute approximate surface area is 175 Å². The van der Waals surface area contributed by atoms with Gasteiger partial charge in [0.25, 0.3) is 5.91 Å². The van der Waals surface area contributed by atoms with Crippen molar-refractivity contribution in [2.45, 2.75) is 12.8 Å². The van der Waals surface area contributed by atoms with Crippen molar-refractivity contribution in [3.63, 3.8) is 0 Å². The number of nitrogens with two attached hydrogens (primary N) is 1. The van der Waals surface area contributed by atoms with Gasteiger partial charge < -0.3 is 29.4 Å². The smallest absolute Gasteiger partial charge is 0.289 e. The second-order valence-electron chi connectivity index (χ2n) is 6.97. The minimum absolute atomic E-state index is 0.122. The van der Waals surface area contributed by atoms with Crippen LogP contribution in [0.1, 0.15) is 23.4 Å². The van der Waals surface area contributed by atoms with E-state index in [4.69, 9.17) is 19.6 Å². The maximum Gasteiger partial charge on any atom is 0.289 e. The highest BCUT2D eigenvalue weighted by Crippen LogP contribution is 2.33. The number of hydrogen-bond donors (Lipinski definition) is 1. The van der Waals surface area contributed by atoms with E-state index in [1.165, 1.54) is 6.26 Å². The monoisotopic (exact) mass is 413 g/mol. The van der Waals surface area contributed by atoms with Crippen molar-refractivity contribution in [2.24, 2.45) is 0 Å². The highest BCUT2D eigenvalue weighted by molar-refractivity contribution is 5.92. The number of benzene rings is 1. The molecule has 0 aliphatic heterocycles. The van der Waals surface area contributed by atoms with Crippen molar-refractivity contribution in [2.75, 3.05) is 52.0 Å². The molecule has 160 valence electrons. The Balaban J connectivity index is 1.61. The van der Waals surface area contributed by atoms with E-state index in [0.717, 1.165) is 19.4 Å². The summed E-state index contributed by atoms with van der Waals surface area (Å²) in [6, 6.07) is 6.94. The number of rotatable bonds is 9. The van der Waals surface area contributed by atoms with Gasteiger partial charge in [-0.05, 0) is 31.0 Å². The molecule has 0 aliphatic carbocycles. The number of methoxy groups -OCH3 is 2. The second-order valence-corrected chi connectivity index (χ2v) is 6.97. The summed E-state index contributed by atoms with van der Waals surface area (Å²) in [5.41, 5.74) is 6.84. The van der Waals surface area contributed by atoms with Crippen LogP contribution in [0.5, 0.6) is 11.5 Å². The Morgan fingerprint density at radius 2 is 1.80 bits per heavy atom. The average molecular weight is 413 g/mol. The number of carbonyl (C=O) groups is 1. The largest absolute Gasteiger partial charge is 0.493 e. The standard InChI is InChI=1S/C21H27N5O4/c1-25(20(27)16-8-7-11-30-16)9-5-6-10-26(2)21-23-15-13-18(29-4)17(28-3)12-14(15)19(22)24-21/h7-8,11-13H,5-6,9-10H2,1-4H3,(H2,22,23,24). The molecule has 2 aromatic heterocycles. The van der Waals surface area contributed by atoms with Crippen LogP contribution in [0.4, 0.5) is 11.8 Å². The van der Waals surface area contributed by atoms with E-state index in [2.05, 4.69) is 9.97 Å². The Morgan fingerprint density at radius 1 is 1.10 bits per heavy atom. The molecule has 0 saturated heterocycles. The summed E-state index contributed by atoms with van der Waals surface area (Å²) in [4.78, 5) is 24.8. The number of unbranched alkanes of at least 4 members (excludes halogenated alkanes) is 1. The van der Waals surface area contributed by atoms with E-state index in [1.54, 1.807) is 50.4 Å². The van der Waals surface area contributed by atoms with E-state index in [-0.39, 0.29) is 5.91 Å². The van der Waals surface area contributed by atoms with Gasteiger partial charge in [0.2, 0.25) is 5.95 Å². The predicted octanol–water partition coefficient (Wildman–Crippen LogP) is 2.81. The zero-order chi connectivity index (χ0) is 21.7. The normalized spacial score (nSPS) is 10.8. The molecule has 9 nitrogen and oxygen atoms in total. The molecule has 2 heterocycles. The first-order valence-electron chi connectivity index (χ1n) is 9.64. The first-order valence-corrected chi connectivity index (χ1v) is 9.64. The molecule has 3 aromatic rings. The molecule has 0 aliphatic rings. The van der Waals surface area contributed by atoms with Crippen LogP contribution in [0, 0.1) is 0 Å². The molecule has 0 atom stereocenters. The number of aromatic nitrogens is 2. The van der Waals surface area contributed by atoms with Crippen molar-refractivity contribution in [1.82, 2.24) is 14.9 Å². The molecule has 1 aromatic carbocycles. The van der Waals surface area contributed by atoms with Gasteiger partial charge in [0.1, 0.15) is 5.82 Å². The second kappa shape index (κ2) is 9.34. The molecule has 0 fully saturated rings. The lowest BCUT2D eigenvalue weighted by Gasteiger charge is -2.20. The van der Waals surface area contributed by atoms with Gasteiger partial charge in [-0.15, -0.1) is 0 Å². The van der Waals surface area contributed by atoms with Crippen molar-refractivity contribution in [3.8, 4) is 11.5 Å². The van der Waals surface area contributed by atoms with Gasteiger partial charge in [0.05, 0.1) is 26.0 Å². The van der Waals surface area contributed by atoms with Gasteiger partial charge >= 0.3 is 0 Å². The van der Waals surface area contributed by atoms with Crippen molar-refractivity contribution < 1.29 is 18.7 Å². The van der Waals surface area contributed by atoms with E-state index >= 15 is 0 Å². The molecular formula is C21H27N5O4. The highest BCUT2D eigenvalue weighted by atomic mass is 16.5. The number of furan rings is 1. The molecular weight excluding hydrogens is 386 g/mol. The number of anilines is 2. The first-order chi connectivity index (χ1) is 14.4. The Kier molecular flexibility index (Phi) is 6.61. The molecule has 0 spiro atoms. The lowest BCUT2D eigenvalue weighted by atomic mass is 10.2. The fraction of sp³-hybridized carbons (Fsp3) is 0.381.